The molecular formula is C100H164F2I2O33. The number of aliphatic hydroxyl groups is 10. The second-order valence-electron chi connectivity index (χ2n) is 37.7. The van der Waals surface area contributed by atoms with E-state index in [9.17, 15) is 65.1 Å². The molecule has 8 saturated heterocycles. The maximum absolute atomic E-state index is 11.9. The number of halogens is 4. The fraction of sp³-hybridized carbons (Fsp3) is 0.760. The smallest absolute Gasteiger partial charge is 0.338 e. The van der Waals surface area contributed by atoms with Crippen molar-refractivity contribution in [2.24, 2.45) is 124 Å². The molecule has 0 saturated carbocycles. The normalized spacial score (nSPS) is 37.6. The molecule has 11 rings (SSSR count). The minimum absolute atomic E-state index is 0.00468. The van der Waals surface area contributed by atoms with Crippen LogP contribution in [-0.2, 0) is 106 Å². The van der Waals surface area contributed by atoms with Crippen LogP contribution in [0.15, 0.2) is 91.0 Å². The average molecular weight is 2190 g/mol. The second-order valence-corrected chi connectivity index (χ2v) is 37.7. The van der Waals surface area contributed by atoms with Gasteiger partial charge in [-0.15, -0.1) is 0 Å². The van der Waals surface area contributed by atoms with E-state index >= 15 is 0 Å². The van der Waals surface area contributed by atoms with Gasteiger partial charge in [-0.05, 0) is 113 Å². The monoisotopic (exact) mass is 2190 g/mol. The molecule has 10 N–H and O–H groups in total. The van der Waals surface area contributed by atoms with Crippen LogP contribution in [0.5, 0.6) is 0 Å². The predicted molar refractivity (Wildman–Crippen MR) is 521 cm³/mol. The van der Waals surface area contributed by atoms with Crippen LogP contribution in [0.1, 0.15) is 199 Å². The van der Waals surface area contributed by atoms with Crippen LogP contribution >= 0.6 is 46.3 Å². The van der Waals surface area contributed by atoms with E-state index < -0.39 is 75.1 Å². The summed E-state index contributed by atoms with van der Waals surface area (Å²) >= 11 is 1.30. The maximum atomic E-state index is 11.9. The quantitative estimate of drug-likeness (QED) is 0.0239. The van der Waals surface area contributed by atoms with Gasteiger partial charge in [0.05, 0.1) is 80.3 Å². The third-order valence-corrected chi connectivity index (χ3v) is 29.3. The molecule has 33 nitrogen and oxygen atoms in total. The van der Waals surface area contributed by atoms with Crippen LogP contribution in [0.4, 0.5) is 5.72 Å². The fourth-order valence-electron chi connectivity index (χ4n) is 16.7. The Morgan fingerprint density at radius 1 is 0.299 bits per heavy atom. The summed E-state index contributed by atoms with van der Waals surface area (Å²) in [5.74, 6) is 3.88. The summed E-state index contributed by atoms with van der Waals surface area (Å²) < 4.78 is 124. The van der Waals surface area contributed by atoms with Gasteiger partial charge in [0.1, 0.15) is 57.5 Å². The molecule has 3 aromatic rings. The van der Waals surface area contributed by atoms with Crippen molar-refractivity contribution in [2.45, 2.75) is 297 Å². The SMILES string of the molecule is CC(=O)OCC1O[C@@H](O)C(C)[C@@H](C)[C@@H]1C.CC(=O)OCC1O[C@@H](OC(C)=O)C(C)[C@@H](C)[C@@H]1C.CC1[C@H](O)OC(CO)[C@@H](C)[C@@H]1C.CC1[C@H](O)OC(COC(=O)c2ccccc2)[C@@H](C)[C@@H]1C.CO[C@H]1OC(CO)[C@@H](O)[C@H](O)C1O.CO[C@H]1OC(COCc2ccccc2)[C@@H](C)[C@H](C)C1C.FI.FI.[3H]O[C@@H]1OC(COC(=O)c2ccccc2)[C@@H](C)[C@H](C)C1C.[3H]O[C@@H]1OC(COC(C)=O)[C@@H](C)[C@H](C)C1C. The first-order valence-corrected chi connectivity index (χ1v) is 49.0. The van der Waals surface area contributed by atoms with Gasteiger partial charge in [0.25, 0.3) is 0 Å². The van der Waals surface area contributed by atoms with Gasteiger partial charge < -0.3 is 132 Å². The van der Waals surface area contributed by atoms with E-state index in [1.165, 1.54) is 40.4 Å². The number of aliphatic hydroxyl groups excluding tert-OH is 10. The Labute approximate surface area is 842 Å². The van der Waals surface area contributed by atoms with Gasteiger partial charge >= 0.3 is 35.8 Å². The number of carbonyl (C=O) groups excluding carboxylic acids is 6. The van der Waals surface area contributed by atoms with Crippen molar-refractivity contribution in [3.8, 4) is 0 Å². The number of methoxy groups -OCH3 is 2. The lowest BCUT2D eigenvalue weighted by Crippen LogP contribution is -2.58. The summed E-state index contributed by atoms with van der Waals surface area (Å²) in [6.07, 6.45) is -11.2. The zero-order valence-electron chi connectivity index (χ0n) is 86.9. The molecule has 8 heterocycles. The number of hydrogen-bond donors (Lipinski definition) is 10. The molecular weight excluding hydrogens is 2020 g/mol. The van der Waals surface area contributed by atoms with E-state index in [-0.39, 0.29) is 190 Å². The summed E-state index contributed by atoms with van der Waals surface area (Å²) in [4.78, 5) is 67.1. The molecule has 0 spiro atoms. The van der Waals surface area contributed by atoms with Crippen molar-refractivity contribution in [1.29, 1.82) is 2.86 Å². The second kappa shape index (κ2) is 66.1. The van der Waals surface area contributed by atoms with Gasteiger partial charge in [-0.1, -0.05) is 212 Å². The number of benzene rings is 3. The fourth-order valence-corrected chi connectivity index (χ4v) is 16.7. The molecule has 790 valence electrons. The van der Waals surface area contributed by atoms with Crippen LogP contribution in [0.2, 0.25) is 0 Å². The number of esters is 6. The molecule has 137 heavy (non-hydrogen) atoms. The summed E-state index contributed by atoms with van der Waals surface area (Å²) in [5, 5.41) is 83.6. The third-order valence-electron chi connectivity index (χ3n) is 29.3. The average Bonchev–Trinajstić information content (AvgIpc) is 0.833. The molecule has 40 atom stereocenters. The summed E-state index contributed by atoms with van der Waals surface area (Å²) in [5.41, 5.74) is 2.24. The van der Waals surface area contributed by atoms with Gasteiger partial charge in [0.15, 0.2) is 90.4 Å². The van der Waals surface area contributed by atoms with Gasteiger partial charge in [-0.25, -0.2) is 9.59 Å². The molecule has 0 bridgehead atoms. The minimum atomic E-state index is -1.36. The number of rotatable bonds is 23. The molecule has 0 amide bonds. The highest BCUT2D eigenvalue weighted by Crippen LogP contribution is 2.41. The summed E-state index contributed by atoms with van der Waals surface area (Å²) in [6, 6.07) is 28.0. The van der Waals surface area contributed by atoms with E-state index in [4.69, 9.17) is 93.6 Å². The van der Waals surface area contributed by atoms with Gasteiger partial charge in [0, 0.05) is 83.3 Å². The van der Waals surface area contributed by atoms with Crippen LogP contribution in [0.25, 0.3) is 0 Å². The minimum Gasteiger partial charge on any atom is -0.463 e. The number of ether oxygens (including phenoxy) is 17. The molecule has 37 heteroatoms. The van der Waals surface area contributed by atoms with E-state index in [0.717, 1.165) is 0 Å². The highest BCUT2D eigenvalue weighted by molar-refractivity contribution is 14.1. The molecule has 8 aliphatic rings. The van der Waals surface area contributed by atoms with Crippen LogP contribution in [0.3, 0.4) is 0 Å². The van der Waals surface area contributed by atoms with Gasteiger partial charge in [0.2, 0.25) is 9.15 Å². The Morgan fingerprint density at radius 2 is 0.562 bits per heavy atom. The van der Waals surface area contributed by atoms with Crippen molar-refractivity contribution < 1.29 is 166 Å². The molecule has 16 unspecified atom stereocenters. The van der Waals surface area contributed by atoms with Crippen molar-refractivity contribution in [3.05, 3.63) is 108 Å². The van der Waals surface area contributed by atoms with Crippen molar-refractivity contribution >= 4 is 82.1 Å². The number of hydrogen-bond acceptors (Lipinski definition) is 33. The van der Waals surface area contributed by atoms with Gasteiger partial charge in [-0.3, -0.25) is 19.2 Å². The van der Waals surface area contributed by atoms with Crippen LogP contribution < -0.4 is 0 Å². The van der Waals surface area contributed by atoms with E-state index in [1.54, 1.807) is 55.6 Å². The highest BCUT2D eigenvalue weighted by Gasteiger charge is 2.48. The van der Waals surface area contributed by atoms with E-state index in [1.807, 2.05) is 78.8 Å². The first-order valence-electron chi connectivity index (χ1n) is 48.2. The molecule has 3 aromatic carbocycles. The Bertz CT molecular complexity index is 3810. The first-order chi connectivity index (χ1) is 65.6. The van der Waals surface area contributed by atoms with Crippen LogP contribution in [-0.4, -0.2) is 274 Å². The third kappa shape index (κ3) is 41.2. The first kappa shape index (κ1) is 124. The molecule has 0 radical (unpaired) electrons. The molecule has 0 aliphatic carbocycles. The standard InChI is InChI=1S/C17H26O3.2C16H22O4.C13H22O5.2C11H20O4.C9H18O3.C7H14O6.2FI/c1-12-13(2)16(20-17(18-4)14(12)3)11-19-10-15-8-6-5-7-9-15;2*1-10-11(2)14(20-15(17)12(10)3)9-19-16(18)13-7-5-4-6-8-13;1-7-8(2)12(6-16-10(4)14)18-13(9(7)3)17-11(5)15;2*1-6-7(2)10(5-14-9(4)12)15-11(13)8(6)3;1-5-6(2)8(4-10)12-9(11)7(5)3;1-12-7-6(11)5(10)4(9)3(2-8)13-7;2*1-2/h5-9,12-14,16-17H,10-11H2,1-4H3;2*4-8,10-12,14-15,17H,9H2,1-3H3;7-9,12-13H,6H2,1-5H3;2*6-8,10-11,13H,5H2,1-4H3;5-11H,4H2,1-3H3;3-11H,2H2,1H3;;/t12-,13-,14?,16?,17-;2*10-,11-,12?,14?,15+;7-,8-,9?,12?,13+;2*6-,7-,8?,10?,11+;5-,6-,7?,8?,9+;3?,4-,5+,6?,7+;;/m00000001../s1/i;17T;;;13T;;;;;. The summed E-state index contributed by atoms with van der Waals surface area (Å²) in [6.45, 7) is 50.8. The predicted octanol–water partition coefficient (Wildman–Crippen LogP) is 13.2. The topological polar surface area (TPSA) is 462 Å². The Hall–Kier alpha value is -5.04. The highest BCUT2D eigenvalue weighted by atomic mass is 127. The largest absolute Gasteiger partial charge is 0.463 e. The summed E-state index contributed by atoms with van der Waals surface area (Å²) in [7, 11) is 3.01. The zero-order valence-corrected chi connectivity index (χ0v) is 89.2. The van der Waals surface area contributed by atoms with Crippen molar-refractivity contribution in [1.82, 2.24) is 0 Å². The Morgan fingerprint density at radius 3 is 0.876 bits per heavy atom. The van der Waals surface area contributed by atoms with Crippen molar-refractivity contribution in [2.75, 3.05) is 67.1 Å². The lowest BCUT2D eigenvalue weighted by Gasteiger charge is -2.42. The number of carbonyl (C=O) groups is 6. The lowest BCUT2D eigenvalue weighted by molar-refractivity contribution is -0.294. The molecule has 8 aliphatic heterocycles. The van der Waals surface area contributed by atoms with Crippen molar-refractivity contribution in [3.63, 3.8) is 0 Å². The Balaban J connectivity index is 0.000000537. The molecule has 0 aromatic heterocycles. The Kier molecular flexibility index (Phi) is 59.9. The molecule has 8 fully saturated rings. The maximum Gasteiger partial charge on any atom is 0.338 e. The van der Waals surface area contributed by atoms with E-state index in [0.29, 0.717) is 130 Å². The zero-order chi connectivity index (χ0) is 106. The van der Waals surface area contributed by atoms with Gasteiger partial charge in [-0.2, -0.15) is 5.72 Å². The van der Waals surface area contributed by atoms with E-state index in [2.05, 4.69) is 119 Å². The van der Waals surface area contributed by atoms with Crippen LogP contribution in [0, 0.1) is 124 Å². The lowest BCUT2D eigenvalue weighted by atomic mass is 9.79.